The molecule has 1 atom stereocenters. The molecule has 2 heterocycles. The fourth-order valence-electron chi connectivity index (χ4n) is 2.45. The van der Waals surface area contributed by atoms with Gasteiger partial charge in [-0.3, -0.25) is 0 Å². The Morgan fingerprint density at radius 1 is 1.50 bits per heavy atom. The van der Waals surface area contributed by atoms with Gasteiger partial charge in [-0.15, -0.1) is 0 Å². The molecule has 0 radical (unpaired) electrons. The number of furan rings is 1. The minimum Gasteiger partial charge on any atom is -0.468 e. The summed E-state index contributed by atoms with van der Waals surface area (Å²) >= 11 is 0. The Morgan fingerprint density at radius 3 is 2.83 bits per heavy atom. The molecule has 0 amide bonds. The molecule has 1 aliphatic heterocycles. The molecule has 1 unspecified atom stereocenters. The molecular formula is C10H13NO. The van der Waals surface area contributed by atoms with Crippen molar-refractivity contribution in [1.82, 2.24) is 5.32 Å². The van der Waals surface area contributed by atoms with Gasteiger partial charge < -0.3 is 9.73 Å². The maximum atomic E-state index is 5.41. The van der Waals surface area contributed by atoms with Crippen molar-refractivity contribution in [2.45, 2.75) is 25.3 Å². The van der Waals surface area contributed by atoms with Gasteiger partial charge in [-0.2, -0.15) is 0 Å². The normalized spacial score (nSPS) is 31.2. The molecule has 12 heavy (non-hydrogen) atoms. The van der Waals surface area contributed by atoms with E-state index >= 15 is 0 Å². The van der Waals surface area contributed by atoms with E-state index in [1.807, 2.05) is 6.07 Å². The molecule has 2 heteroatoms. The van der Waals surface area contributed by atoms with Gasteiger partial charge in [0.2, 0.25) is 0 Å². The maximum Gasteiger partial charge on any atom is 0.121 e. The second kappa shape index (κ2) is 2.13. The van der Waals surface area contributed by atoms with E-state index in [0.29, 0.717) is 11.5 Å². The molecule has 1 saturated heterocycles. The van der Waals surface area contributed by atoms with Crippen molar-refractivity contribution in [1.29, 1.82) is 0 Å². The first-order valence-electron chi connectivity index (χ1n) is 4.68. The van der Waals surface area contributed by atoms with Gasteiger partial charge in [0.05, 0.1) is 12.3 Å². The highest BCUT2D eigenvalue weighted by Crippen LogP contribution is 2.55. The Kier molecular flexibility index (Phi) is 1.20. The molecule has 1 aromatic rings. The second-order valence-electron chi connectivity index (χ2n) is 4.05. The molecule has 1 N–H and O–H groups in total. The lowest BCUT2D eigenvalue weighted by Crippen LogP contribution is -2.59. The fraction of sp³-hybridized carbons (Fsp3) is 0.600. The van der Waals surface area contributed by atoms with E-state index in [4.69, 9.17) is 4.42 Å². The number of nitrogens with one attached hydrogen (secondary N) is 1. The smallest absolute Gasteiger partial charge is 0.121 e. The Bertz CT molecular complexity index is 269. The van der Waals surface area contributed by atoms with E-state index in [-0.39, 0.29) is 0 Å². The monoisotopic (exact) mass is 163 g/mol. The van der Waals surface area contributed by atoms with Crippen LogP contribution in [0.2, 0.25) is 0 Å². The van der Waals surface area contributed by atoms with Crippen LogP contribution in [0.3, 0.4) is 0 Å². The molecule has 1 spiro atoms. The average Bonchev–Trinajstić information content (AvgIpc) is 2.33. The average molecular weight is 163 g/mol. The lowest BCUT2D eigenvalue weighted by atomic mass is 9.59. The summed E-state index contributed by atoms with van der Waals surface area (Å²) in [5.74, 6) is 1.13. The largest absolute Gasteiger partial charge is 0.468 e. The van der Waals surface area contributed by atoms with Crippen molar-refractivity contribution in [2.75, 3.05) is 6.54 Å². The number of rotatable bonds is 1. The van der Waals surface area contributed by atoms with Gasteiger partial charge in [0.25, 0.3) is 0 Å². The van der Waals surface area contributed by atoms with E-state index in [1.165, 1.54) is 25.8 Å². The highest BCUT2D eigenvalue weighted by Gasteiger charge is 2.52. The van der Waals surface area contributed by atoms with Crippen molar-refractivity contribution >= 4 is 0 Å². The first kappa shape index (κ1) is 6.72. The first-order chi connectivity index (χ1) is 5.91. The Balaban J connectivity index is 1.86. The molecule has 1 aliphatic carbocycles. The Hall–Kier alpha value is -0.760. The SMILES string of the molecule is c1coc(C2NCC23CCC3)c1. The van der Waals surface area contributed by atoms with Gasteiger partial charge in [-0.1, -0.05) is 6.42 Å². The van der Waals surface area contributed by atoms with Crippen LogP contribution in [0, 0.1) is 5.41 Å². The van der Waals surface area contributed by atoms with Crippen molar-refractivity contribution in [2.24, 2.45) is 5.41 Å². The standard InChI is InChI=1S/C10H13NO/c1-3-8(12-6-1)9-10(7-11-9)4-2-5-10/h1,3,6,9,11H,2,4-5,7H2. The topological polar surface area (TPSA) is 25.2 Å². The number of hydrogen-bond acceptors (Lipinski definition) is 2. The summed E-state index contributed by atoms with van der Waals surface area (Å²) in [5, 5.41) is 3.45. The summed E-state index contributed by atoms with van der Waals surface area (Å²) in [6.45, 7) is 1.19. The zero-order valence-electron chi connectivity index (χ0n) is 7.05. The van der Waals surface area contributed by atoms with Gasteiger partial charge in [-0.05, 0) is 25.0 Å². The zero-order chi connectivity index (χ0) is 8.02. The summed E-state index contributed by atoms with van der Waals surface area (Å²) in [4.78, 5) is 0. The molecule has 1 aromatic heterocycles. The molecule has 0 aromatic carbocycles. The molecule has 3 rings (SSSR count). The highest BCUT2D eigenvalue weighted by molar-refractivity contribution is 5.17. The second-order valence-corrected chi connectivity index (χ2v) is 4.05. The molecule has 64 valence electrons. The van der Waals surface area contributed by atoms with Crippen LogP contribution >= 0.6 is 0 Å². The predicted octanol–water partition coefficient (Wildman–Crippen LogP) is 2.09. The molecule has 1 saturated carbocycles. The highest BCUT2D eigenvalue weighted by atomic mass is 16.3. The zero-order valence-corrected chi connectivity index (χ0v) is 7.05. The molecular weight excluding hydrogens is 150 g/mol. The number of hydrogen-bond donors (Lipinski definition) is 1. The molecule has 2 aliphatic rings. The predicted molar refractivity (Wildman–Crippen MR) is 45.7 cm³/mol. The first-order valence-corrected chi connectivity index (χ1v) is 4.68. The maximum absolute atomic E-state index is 5.41. The van der Waals surface area contributed by atoms with Crippen molar-refractivity contribution in [3.63, 3.8) is 0 Å². The molecule has 2 nitrogen and oxygen atoms in total. The van der Waals surface area contributed by atoms with Crippen LogP contribution in [-0.4, -0.2) is 6.54 Å². The summed E-state index contributed by atoms with van der Waals surface area (Å²) < 4.78 is 5.41. The van der Waals surface area contributed by atoms with Crippen LogP contribution < -0.4 is 5.32 Å². The van der Waals surface area contributed by atoms with E-state index in [1.54, 1.807) is 6.26 Å². The van der Waals surface area contributed by atoms with Gasteiger partial charge in [0.1, 0.15) is 5.76 Å². The van der Waals surface area contributed by atoms with E-state index < -0.39 is 0 Å². The minimum absolute atomic E-state index is 0.515. The van der Waals surface area contributed by atoms with Crippen LogP contribution in [0.1, 0.15) is 31.1 Å². The lowest BCUT2D eigenvalue weighted by molar-refractivity contribution is -0.0159. The summed E-state index contributed by atoms with van der Waals surface area (Å²) in [5.41, 5.74) is 0.581. The van der Waals surface area contributed by atoms with Gasteiger partial charge in [0.15, 0.2) is 0 Å². The van der Waals surface area contributed by atoms with Crippen LogP contribution in [0.25, 0.3) is 0 Å². The lowest BCUT2D eigenvalue weighted by Gasteiger charge is -2.55. The molecule has 2 fully saturated rings. The minimum atomic E-state index is 0.515. The van der Waals surface area contributed by atoms with Crippen molar-refractivity contribution < 1.29 is 4.42 Å². The third kappa shape index (κ3) is 0.686. The third-order valence-electron chi connectivity index (χ3n) is 3.45. The van der Waals surface area contributed by atoms with E-state index in [0.717, 1.165) is 5.76 Å². The van der Waals surface area contributed by atoms with Crippen LogP contribution in [0.5, 0.6) is 0 Å². The van der Waals surface area contributed by atoms with Gasteiger partial charge in [0, 0.05) is 12.0 Å². The fourth-order valence-corrected chi connectivity index (χ4v) is 2.45. The Labute approximate surface area is 72.0 Å². The third-order valence-corrected chi connectivity index (χ3v) is 3.45. The van der Waals surface area contributed by atoms with Crippen molar-refractivity contribution in [3.8, 4) is 0 Å². The van der Waals surface area contributed by atoms with Crippen LogP contribution in [0.15, 0.2) is 22.8 Å². The summed E-state index contributed by atoms with van der Waals surface area (Å²) in [6, 6.07) is 4.57. The van der Waals surface area contributed by atoms with Crippen LogP contribution in [0.4, 0.5) is 0 Å². The molecule has 0 bridgehead atoms. The summed E-state index contributed by atoms with van der Waals surface area (Å²) in [6.07, 6.45) is 5.93. The van der Waals surface area contributed by atoms with Crippen LogP contribution in [-0.2, 0) is 0 Å². The van der Waals surface area contributed by atoms with E-state index in [9.17, 15) is 0 Å². The summed E-state index contributed by atoms with van der Waals surface area (Å²) in [7, 11) is 0. The van der Waals surface area contributed by atoms with Gasteiger partial charge in [-0.25, -0.2) is 0 Å². The van der Waals surface area contributed by atoms with Crippen molar-refractivity contribution in [3.05, 3.63) is 24.2 Å². The quantitative estimate of drug-likeness (QED) is 0.685. The van der Waals surface area contributed by atoms with E-state index in [2.05, 4.69) is 11.4 Å². The van der Waals surface area contributed by atoms with Gasteiger partial charge >= 0.3 is 0 Å². The Morgan fingerprint density at radius 2 is 2.42 bits per heavy atom.